The summed E-state index contributed by atoms with van der Waals surface area (Å²) in [6.07, 6.45) is 1.35. The maximum Gasteiger partial charge on any atom is 0.243 e. The smallest absolute Gasteiger partial charge is 0.243 e. The zero-order valence-corrected chi connectivity index (χ0v) is 6.45. The first-order valence-corrected chi connectivity index (χ1v) is 3.56. The molecule has 0 N–H and O–H groups in total. The van der Waals surface area contributed by atoms with Crippen LogP contribution in [0, 0.1) is 5.82 Å². The highest BCUT2D eigenvalue weighted by atomic mass is 19.1. The topological polar surface area (TPSA) is 42.6 Å². The quantitative estimate of drug-likeness (QED) is 0.496. The van der Waals surface area contributed by atoms with Crippen LogP contribution in [0.4, 0.5) is 10.3 Å². The molecule has 3 nitrogen and oxygen atoms in total. The van der Waals surface area contributed by atoms with Crippen LogP contribution in [0.25, 0.3) is 11.0 Å². The number of aliphatic imine (C=N–C) groups is 1. The van der Waals surface area contributed by atoms with Gasteiger partial charge in [0.2, 0.25) is 12.0 Å². The van der Waals surface area contributed by atoms with E-state index in [1.807, 2.05) is 0 Å². The molecule has 0 radical (unpaired) electrons. The Morgan fingerprint density at radius 1 is 1.38 bits per heavy atom. The molecule has 13 heavy (non-hydrogen) atoms. The standard InChI is InChI=1S/C9H4FNO2/c10-7-1-2-8-6(3-7)4-9(13-8)11-5-12/h1-4H. The third-order valence-electron chi connectivity index (χ3n) is 1.62. The summed E-state index contributed by atoms with van der Waals surface area (Å²) in [4.78, 5) is 13.2. The molecule has 1 aromatic heterocycles. The van der Waals surface area contributed by atoms with E-state index in [4.69, 9.17) is 4.42 Å². The number of rotatable bonds is 1. The summed E-state index contributed by atoms with van der Waals surface area (Å²) in [5.41, 5.74) is 0.496. The van der Waals surface area contributed by atoms with Gasteiger partial charge in [0.05, 0.1) is 0 Å². The predicted octanol–water partition coefficient (Wildman–Crippen LogP) is 2.54. The monoisotopic (exact) mass is 177 g/mol. The van der Waals surface area contributed by atoms with Crippen LogP contribution in [0.5, 0.6) is 0 Å². The van der Waals surface area contributed by atoms with Gasteiger partial charge in [-0.3, -0.25) is 0 Å². The molecule has 0 unspecified atom stereocenters. The van der Waals surface area contributed by atoms with E-state index < -0.39 is 0 Å². The van der Waals surface area contributed by atoms with Crippen molar-refractivity contribution in [2.45, 2.75) is 0 Å². The first kappa shape index (κ1) is 7.71. The summed E-state index contributed by atoms with van der Waals surface area (Å²) in [7, 11) is 0. The summed E-state index contributed by atoms with van der Waals surface area (Å²) in [5.74, 6) is -0.217. The lowest BCUT2D eigenvalue weighted by Crippen LogP contribution is -1.68. The predicted molar refractivity (Wildman–Crippen MR) is 44.0 cm³/mol. The van der Waals surface area contributed by atoms with Gasteiger partial charge in [0.1, 0.15) is 11.4 Å². The molecule has 0 bridgehead atoms. The molecule has 0 aliphatic carbocycles. The zero-order valence-electron chi connectivity index (χ0n) is 6.45. The Balaban J connectivity index is 2.68. The van der Waals surface area contributed by atoms with Gasteiger partial charge < -0.3 is 4.42 Å². The van der Waals surface area contributed by atoms with Crippen molar-refractivity contribution in [1.29, 1.82) is 0 Å². The second-order valence-corrected chi connectivity index (χ2v) is 2.47. The van der Waals surface area contributed by atoms with Gasteiger partial charge in [-0.05, 0) is 18.2 Å². The van der Waals surface area contributed by atoms with Gasteiger partial charge in [0.25, 0.3) is 0 Å². The molecule has 2 aromatic rings. The number of fused-ring (bicyclic) bond motifs is 1. The van der Waals surface area contributed by atoms with Crippen molar-refractivity contribution in [3.8, 4) is 0 Å². The summed E-state index contributed by atoms with van der Waals surface area (Å²) in [5, 5.41) is 0.578. The molecular weight excluding hydrogens is 173 g/mol. The molecule has 1 heterocycles. The van der Waals surface area contributed by atoms with Crippen LogP contribution in [0.2, 0.25) is 0 Å². The molecular formula is C9H4FNO2. The van der Waals surface area contributed by atoms with Gasteiger partial charge in [0.15, 0.2) is 0 Å². The summed E-state index contributed by atoms with van der Waals surface area (Å²) < 4.78 is 17.7. The van der Waals surface area contributed by atoms with E-state index in [0.29, 0.717) is 11.0 Å². The van der Waals surface area contributed by atoms with Gasteiger partial charge in [-0.1, -0.05) is 0 Å². The molecule has 64 valence electrons. The van der Waals surface area contributed by atoms with Crippen molar-refractivity contribution >= 4 is 22.9 Å². The third-order valence-corrected chi connectivity index (χ3v) is 1.62. The lowest BCUT2D eigenvalue weighted by Gasteiger charge is -1.85. The highest BCUT2D eigenvalue weighted by Crippen LogP contribution is 2.25. The largest absolute Gasteiger partial charge is 0.438 e. The Bertz CT molecular complexity index is 497. The fourth-order valence-electron chi connectivity index (χ4n) is 1.10. The van der Waals surface area contributed by atoms with Crippen LogP contribution in [0.1, 0.15) is 0 Å². The number of benzene rings is 1. The van der Waals surface area contributed by atoms with E-state index in [9.17, 15) is 9.18 Å². The van der Waals surface area contributed by atoms with Crippen LogP contribution in [0.15, 0.2) is 33.7 Å². The second kappa shape index (κ2) is 2.84. The Kier molecular flexibility index (Phi) is 1.69. The van der Waals surface area contributed by atoms with Gasteiger partial charge in [-0.2, -0.15) is 0 Å². The Labute approximate surface area is 72.5 Å². The van der Waals surface area contributed by atoms with Crippen LogP contribution in [-0.2, 0) is 4.79 Å². The number of hydrogen-bond acceptors (Lipinski definition) is 3. The van der Waals surface area contributed by atoms with Crippen molar-refractivity contribution in [3.05, 3.63) is 30.1 Å². The first-order valence-electron chi connectivity index (χ1n) is 3.56. The summed E-state index contributed by atoms with van der Waals surface area (Å²) in [6, 6.07) is 5.54. The SMILES string of the molecule is O=C=Nc1cc2cc(F)ccc2o1. The minimum absolute atomic E-state index is 0.135. The number of isocyanates is 1. The average Bonchev–Trinajstić information content (AvgIpc) is 2.46. The van der Waals surface area contributed by atoms with Gasteiger partial charge in [-0.15, -0.1) is 4.99 Å². The Hall–Kier alpha value is -1.93. The molecule has 1 aromatic carbocycles. The molecule has 0 atom stereocenters. The van der Waals surface area contributed by atoms with E-state index in [1.54, 1.807) is 0 Å². The molecule has 0 fully saturated rings. The number of furan rings is 1. The third kappa shape index (κ3) is 1.35. The van der Waals surface area contributed by atoms with Gasteiger partial charge >= 0.3 is 0 Å². The van der Waals surface area contributed by atoms with Crippen LogP contribution < -0.4 is 0 Å². The Morgan fingerprint density at radius 2 is 2.23 bits per heavy atom. The minimum Gasteiger partial charge on any atom is -0.438 e. The van der Waals surface area contributed by atoms with Crippen molar-refractivity contribution in [2.24, 2.45) is 4.99 Å². The minimum atomic E-state index is -0.352. The average molecular weight is 177 g/mol. The first-order chi connectivity index (χ1) is 6.29. The molecule has 2 rings (SSSR count). The van der Waals surface area contributed by atoms with E-state index in [2.05, 4.69) is 4.99 Å². The highest BCUT2D eigenvalue weighted by molar-refractivity contribution is 5.80. The van der Waals surface area contributed by atoms with Gasteiger partial charge in [-0.25, -0.2) is 9.18 Å². The van der Waals surface area contributed by atoms with E-state index >= 15 is 0 Å². The fourth-order valence-corrected chi connectivity index (χ4v) is 1.10. The number of hydrogen-bond donors (Lipinski definition) is 0. The number of carbonyl (C=O) groups excluding carboxylic acids is 1. The second-order valence-electron chi connectivity index (χ2n) is 2.47. The van der Waals surface area contributed by atoms with E-state index in [1.165, 1.54) is 30.3 Å². The molecule has 4 heteroatoms. The molecule has 0 saturated heterocycles. The highest BCUT2D eigenvalue weighted by Gasteiger charge is 2.02. The zero-order chi connectivity index (χ0) is 9.26. The lowest BCUT2D eigenvalue weighted by molar-refractivity contribution is 0.561. The van der Waals surface area contributed by atoms with E-state index in [0.717, 1.165) is 0 Å². The normalized spacial score (nSPS) is 9.92. The molecule has 0 amide bonds. The fraction of sp³-hybridized carbons (Fsp3) is 0. The van der Waals surface area contributed by atoms with Crippen molar-refractivity contribution < 1.29 is 13.6 Å². The molecule has 0 saturated carbocycles. The lowest BCUT2D eigenvalue weighted by atomic mass is 10.2. The van der Waals surface area contributed by atoms with Crippen LogP contribution in [-0.4, -0.2) is 6.08 Å². The van der Waals surface area contributed by atoms with Crippen LogP contribution >= 0.6 is 0 Å². The van der Waals surface area contributed by atoms with Crippen molar-refractivity contribution in [3.63, 3.8) is 0 Å². The molecule has 0 aliphatic heterocycles. The molecule has 0 spiro atoms. The van der Waals surface area contributed by atoms with Gasteiger partial charge in [0, 0.05) is 11.5 Å². The van der Waals surface area contributed by atoms with E-state index in [-0.39, 0.29) is 11.7 Å². The molecule has 0 aliphatic rings. The maximum absolute atomic E-state index is 12.7. The summed E-state index contributed by atoms with van der Waals surface area (Å²) in [6.45, 7) is 0. The maximum atomic E-state index is 12.7. The Morgan fingerprint density at radius 3 is 3.00 bits per heavy atom. The van der Waals surface area contributed by atoms with Crippen molar-refractivity contribution in [2.75, 3.05) is 0 Å². The number of halogens is 1. The number of nitrogens with zero attached hydrogens (tertiary/aromatic N) is 1. The van der Waals surface area contributed by atoms with Crippen LogP contribution in [0.3, 0.4) is 0 Å². The van der Waals surface area contributed by atoms with Crippen molar-refractivity contribution in [1.82, 2.24) is 0 Å². The summed E-state index contributed by atoms with van der Waals surface area (Å²) >= 11 is 0.